The lowest BCUT2D eigenvalue weighted by Crippen LogP contribution is -2.22. The van der Waals surface area contributed by atoms with E-state index in [4.69, 9.17) is 4.74 Å². The van der Waals surface area contributed by atoms with Gasteiger partial charge in [0, 0.05) is 5.56 Å². The molecule has 0 heterocycles. The van der Waals surface area contributed by atoms with E-state index in [0.717, 1.165) is 18.2 Å². The number of carbonyl (C=O) groups is 1. The Morgan fingerprint density at radius 1 is 1.31 bits per heavy atom. The first-order chi connectivity index (χ1) is 7.30. The molecule has 0 amide bonds. The van der Waals surface area contributed by atoms with Crippen molar-refractivity contribution < 1.29 is 18.3 Å². The van der Waals surface area contributed by atoms with Crippen molar-refractivity contribution in [3.8, 4) is 0 Å². The van der Waals surface area contributed by atoms with Crippen LogP contribution in [0.5, 0.6) is 0 Å². The second-order valence-electron chi connectivity index (χ2n) is 4.56. The number of hydrogen-bond acceptors (Lipinski definition) is 2. The van der Waals surface area contributed by atoms with E-state index in [9.17, 15) is 13.6 Å². The number of carbonyl (C=O) groups excluding carboxylic acids is 1. The van der Waals surface area contributed by atoms with Crippen LogP contribution in [0, 0.1) is 17.0 Å². The van der Waals surface area contributed by atoms with Gasteiger partial charge in [-0.25, -0.2) is 8.78 Å². The van der Waals surface area contributed by atoms with Gasteiger partial charge in [0.05, 0.1) is 5.41 Å². The highest BCUT2D eigenvalue weighted by molar-refractivity contribution is 5.75. The van der Waals surface area contributed by atoms with Crippen molar-refractivity contribution >= 4 is 5.97 Å². The highest BCUT2D eigenvalue weighted by Crippen LogP contribution is 2.17. The highest BCUT2D eigenvalue weighted by Gasteiger charge is 2.23. The number of rotatable bonds is 2. The summed E-state index contributed by atoms with van der Waals surface area (Å²) in [5, 5.41) is 0. The van der Waals surface area contributed by atoms with Crippen molar-refractivity contribution in [1.29, 1.82) is 0 Å². The van der Waals surface area contributed by atoms with Gasteiger partial charge in [0.15, 0.2) is 0 Å². The number of benzene rings is 1. The normalized spacial score (nSPS) is 11.3. The molecule has 1 rings (SSSR count). The van der Waals surface area contributed by atoms with Crippen LogP contribution in [0.2, 0.25) is 0 Å². The maximum Gasteiger partial charge on any atom is 0.311 e. The first-order valence-corrected chi connectivity index (χ1v) is 4.92. The van der Waals surface area contributed by atoms with Crippen molar-refractivity contribution in [2.24, 2.45) is 5.41 Å². The quantitative estimate of drug-likeness (QED) is 0.727. The van der Waals surface area contributed by atoms with Gasteiger partial charge in [-0.15, -0.1) is 0 Å². The van der Waals surface area contributed by atoms with E-state index in [2.05, 4.69) is 0 Å². The summed E-state index contributed by atoms with van der Waals surface area (Å²) < 4.78 is 30.8. The standard InChI is InChI=1S/C12H14F2O2/c1-12(2,3)11(15)16-7-8-6-9(13)4-5-10(8)14/h4-6H,7H2,1-3H3. The molecule has 0 spiro atoms. The van der Waals surface area contributed by atoms with Crippen LogP contribution in [0.3, 0.4) is 0 Å². The second-order valence-corrected chi connectivity index (χ2v) is 4.56. The molecule has 1 aromatic rings. The van der Waals surface area contributed by atoms with Crippen molar-refractivity contribution in [3.05, 3.63) is 35.4 Å². The molecule has 2 nitrogen and oxygen atoms in total. The Bertz CT molecular complexity index is 394. The minimum Gasteiger partial charge on any atom is -0.460 e. The highest BCUT2D eigenvalue weighted by atomic mass is 19.1. The van der Waals surface area contributed by atoms with E-state index in [1.807, 2.05) is 0 Å². The number of esters is 1. The van der Waals surface area contributed by atoms with Crippen molar-refractivity contribution in [1.82, 2.24) is 0 Å². The monoisotopic (exact) mass is 228 g/mol. The van der Waals surface area contributed by atoms with Crippen LogP contribution < -0.4 is 0 Å². The van der Waals surface area contributed by atoms with Gasteiger partial charge >= 0.3 is 5.97 Å². The Hall–Kier alpha value is -1.45. The zero-order chi connectivity index (χ0) is 12.3. The Morgan fingerprint density at radius 3 is 2.50 bits per heavy atom. The third-order valence-corrected chi connectivity index (χ3v) is 1.98. The van der Waals surface area contributed by atoms with Crippen molar-refractivity contribution in [2.45, 2.75) is 27.4 Å². The number of halogens is 2. The molecule has 0 aliphatic rings. The summed E-state index contributed by atoms with van der Waals surface area (Å²) in [6, 6.07) is 3.05. The SMILES string of the molecule is CC(C)(C)C(=O)OCc1cc(F)ccc1F. The summed E-state index contributed by atoms with van der Waals surface area (Å²) in [5.41, 5.74) is -0.610. The summed E-state index contributed by atoms with van der Waals surface area (Å²) in [4.78, 5) is 11.4. The van der Waals surface area contributed by atoms with Gasteiger partial charge in [-0.3, -0.25) is 4.79 Å². The van der Waals surface area contributed by atoms with Crippen LogP contribution in [0.4, 0.5) is 8.78 Å². The molecular weight excluding hydrogens is 214 g/mol. The van der Waals surface area contributed by atoms with Gasteiger partial charge in [-0.05, 0) is 39.0 Å². The van der Waals surface area contributed by atoms with Gasteiger partial charge < -0.3 is 4.74 Å². The van der Waals surface area contributed by atoms with E-state index in [1.54, 1.807) is 20.8 Å². The molecular formula is C12H14F2O2. The molecule has 0 aromatic heterocycles. The van der Waals surface area contributed by atoms with E-state index in [-0.39, 0.29) is 12.2 Å². The van der Waals surface area contributed by atoms with E-state index in [1.165, 1.54) is 0 Å². The summed E-state index contributed by atoms with van der Waals surface area (Å²) in [6.45, 7) is 4.82. The van der Waals surface area contributed by atoms with Crippen LogP contribution >= 0.6 is 0 Å². The lowest BCUT2D eigenvalue weighted by molar-refractivity contribution is -0.154. The Labute approximate surface area is 93.2 Å². The molecule has 0 N–H and O–H groups in total. The molecule has 16 heavy (non-hydrogen) atoms. The Balaban J connectivity index is 2.68. The topological polar surface area (TPSA) is 26.3 Å². The average Bonchev–Trinajstić information content (AvgIpc) is 2.17. The molecule has 0 aliphatic carbocycles. The van der Waals surface area contributed by atoms with Crippen LogP contribution in [0.15, 0.2) is 18.2 Å². The fourth-order valence-electron chi connectivity index (χ4n) is 1.01. The van der Waals surface area contributed by atoms with Gasteiger partial charge in [0.1, 0.15) is 18.2 Å². The molecule has 0 saturated carbocycles. The van der Waals surface area contributed by atoms with E-state index in [0.29, 0.717) is 0 Å². The fraction of sp³-hybridized carbons (Fsp3) is 0.417. The summed E-state index contributed by atoms with van der Waals surface area (Å²) >= 11 is 0. The third-order valence-electron chi connectivity index (χ3n) is 1.98. The van der Waals surface area contributed by atoms with Crippen molar-refractivity contribution in [2.75, 3.05) is 0 Å². The first kappa shape index (κ1) is 12.6. The van der Waals surface area contributed by atoms with E-state index >= 15 is 0 Å². The fourth-order valence-corrected chi connectivity index (χ4v) is 1.01. The number of ether oxygens (including phenoxy) is 1. The van der Waals surface area contributed by atoms with Gasteiger partial charge in [-0.1, -0.05) is 0 Å². The lowest BCUT2D eigenvalue weighted by atomic mass is 9.97. The second kappa shape index (κ2) is 4.60. The summed E-state index contributed by atoms with van der Waals surface area (Å²) in [5.74, 6) is -1.58. The predicted molar refractivity (Wildman–Crippen MR) is 55.6 cm³/mol. The molecule has 0 bridgehead atoms. The zero-order valence-electron chi connectivity index (χ0n) is 9.51. The minimum absolute atomic E-state index is 0.0394. The zero-order valence-corrected chi connectivity index (χ0v) is 9.51. The summed E-state index contributed by atoms with van der Waals surface area (Å²) in [6.07, 6.45) is 0. The molecule has 4 heteroatoms. The lowest BCUT2D eigenvalue weighted by Gasteiger charge is -2.16. The van der Waals surface area contributed by atoms with Gasteiger partial charge in [-0.2, -0.15) is 0 Å². The van der Waals surface area contributed by atoms with Crippen molar-refractivity contribution in [3.63, 3.8) is 0 Å². The molecule has 1 aromatic carbocycles. The summed E-state index contributed by atoms with van der Waals surface area (Å²) in [7, 11) is 0. The molecule has 0 saturated heterocycles. The molecule has 0 unspecified atom stereocenters. The first-order valence-electron chi connectivity index (χ1n) is 4.92. The van der Waals surface area contributed by atoms with Crippen LogP contribution in [0.25, 0.3) is 0 Å². The van der Waals surface area contributed by atoms with Gasteiger partial charge in [0.2, 0.25) is 0 Å². The number of hydrogen-bond donors (Lipinski definition) is 0. The maximum absolute atomic E-state index is 13.2. The van der Waals surface area contributed by atoms with Crippen LogP contribution in [-0.2, 0) is 16.1 Å². The maximum atomic E-state index is 13.2. The van der Waals surface area contributed by atoms with Crippen LogP contribution in [-0.4, -0.2) is 5.97 Å². The molecule has 0 aliphatic heterocycles. The van der Waals surface area contributed by atoms with Crippen LogP contribution in [0.1, 0.15) is 26.3 Å². The molecule has 0 radical (unpaired) electrons. The Kier molecular flexibility index (Phi) is 3.62. The molecule has 0 fully saturated rings. The molecule has 88 valence electrons. The third kappa shape index (κ3) is 3.29. The van der Waals surface area contributed by atoms with Gasteiger partial charge in [0.25, 0.3) is 0 Å². The minimum atomic E-state index is -0.649. The van der Waals surface area contributed by atoms with E-state index < -0.39 is 23.0 Å². The molecule has 0 atom stereocenters. The smallest absolute Gasteiger partial charge is 0.311 e. The predicted octanol–water partition coefficient (Wildman–Crippen LogP) is 3.05. The average molecular weight is 228 g/mol. The Morgan fingerprint density at radius 2 is 1.94 bits per heavy atom. The largest absolute Gasteiger partial charge is 0.460 e.